The number of aliphatic hydroxyl groups is 1. The number of benzene rings is 2. The molecule has 112 valence electrons. The van der Waals surface area contributed by atoms with E-state index in [1.165, 1.54) is 12.1 Å². The summed E-state index contributed by atoms with van der Waals surface area (Å²) in [6.45, 7) is 7.91. The molecule has 2 aromatic carbocycles. The fourth-order valence-corrected chi connectivity index (χ4v) is 2.74. The Hall–Kier alpha value is -1.74. The largest absolute Gasteiger partial charge is 0.388 e. The highest BCUT2D eigenvalue weighted by molar-refractivity contribution is 5.45. The highest BCUT2D eigenvalue weighted by Gasteiger charge is 2.18. The van der Waals surface area contributed by atoms with Crippen molar-refractivity contribution in [3.8, 4) is 0 Å². The summed E-state index contributed by atoms with van der Waals surface area (Å²) in [7, 11) is 0. The molecule has 0 heterocycles. The van der Waals surface area contributed by atoms with E-state index in [1.807, 2.05) is 27.7 Å². The van der Waals surface area contributed by atoms with Gasteiger partial charge in [-0.3, -0.25) is 0 Å². The van der Waals surface area contributed by atoms with Crippen LogP contribution in [0.15, 0.2) is 24.3 Å². The molecule has 2 aromatic rings. The van der Waals surface area contributed by atoms with Crippen molar-refractivity contribution >= 4 is 0 Å². The van der Waals surface area contributed by atoms with Crippen LogP contribution in [-0.4, -0.2) is 5.11 Å². The molecule has 0 radical (unpaired) electrons. The lowest BCUT2D eigenvalue weighted by Gasteiger charge is -2.20. The average Bonchev–Trinajstić information content (AvgIpc) is 2.40. The van der Waals surface area contributed by atoms with E-state index in [9.17, 15) is 13.9 Å². The van der Waals surface area contributed by atoms with Crippen LogP contribution < -0.4 is 0 Å². The molecule has 0 aliphatic rings. The Balaban J connectivity index is 2.39. The predicted octanol–water partition coefficient (Wildman–Crippen LogP) is 4.47. The number of hydrogen-bond donors (Lipinski definition) is 1. The molecule has 1 atom stereocenters. The lowest BCUT2D eigenvalue weighted by Crippen LogP contribution is -2.09. The van der Waals surface area contributed by atoms with Crippen LogP contribution in [0.2, 0.25) is 0 Å². The first kappa shape index (κ1) is 15.6. The summed E-state index contributed by atoms with van der Waals surface area (Å²) in [5.41, 5.74) is 5.41. The minimum atomic E-state index is -0.802. The van der Waals surface area contributed by atoms with Gasteiger partial charge in [-0.15, -0.1) is 0 Å². The molecule has 0 aliphatic carbocycles. The van der Waals surface area contributed by atoms with Gasteiger partial charge in [0.25, 0.3) is 0 Å². The van der Waals surface area contributed by atoms with Gasteiger partial charge < -0.3 is 5.11 Å². The Kier molecular flexibility index (Phi) is 4.43. The standard InChI is InChI=1S/C18H20F2O/c1-10-7-11(2)13(4)18(12(10)3)17(21)8-14-5-6-15(19)9-16(14)20/h5-7,9,17,21H,8H2,1-4H3. The van der Waals surface area contributed by atoms with Gasteiger partial charge in [-0.1, -0.05) is 12.1 Å². The van der Waals surface area contributed by atoms with Crippen LogP contribution in [-0.2, 0) is 6.42 Å². The average molecular weight is 290 g/mol. The monoisotopic (exact) mass is 290 g/mol. The molecule has 0 saturated heterocycles. The number of hydrogen-bond acceptors (Lipinski definition) is 1. The van der Waals surface area contributed by atoms with E-state index in [-0.39, 0.29) is 6.42 Å². The summed E-state index contributed by atoms with van der Waals surface area (Å²) in [5.74, 6) is -1.22. The highest BCUT2D eigenvalue weighted by Crippen LogP contribution is 2.30. The molecule has 0 aromatic heterocycles. The zero-order chi connectivity index (χ0) is 15.7. The van der Waals surface area contributed by atoms with Crippen molar-refractivity contribution in [3.05, 3.63) is 69.3 Å². The Morgan fingerprint density at radius 2 is 1.52 bits per heavy atom. The van der Waals surface area contributed by atoms with Crippen molar-refractivity contribution in [2.75, 3.05) is 0 Å². The lowest BCUT2D eigenvalue weighted by atomic mass is 9.88. The maximum absolute atomic E-state index is 13.7. The first-order valence-electron chi connectivity index (χ1n) is 7.00. The molecule has 21 heavy (non-hydrogen) atoms. The Labute approximate surface area is 124 Å². The van der Waals surface area contributed by atoms with Gasteiger partial charge in [0.1, 0.15) is 11.6 Å². The second-order valence-electron chi connectivity index (χ2n) is 5.63. The van der Waals surface area contributed by atoms with Crippen LogP contribution in [0.25, 0.3) is 0 Å². The minimum absolute atomic E-state index is 0.136. The fourth-order valence-electron chi connectivity index (χ4n) is 2.74. The minimum Gasteiger partial charge on any atom is -0.388 e. The van der Waals surface area contributed by atoms with Crippen molar-refractivity contribution in [1.82, 2.24) is 0 Å². The summed E-state index contributed by atoms with van der Waals surface area (Å²) in [6, 6.07) is 5.54. The summed E-state index contributed by atoms with van der Waals surface area (Å²) in [6.07, 6.45) is -0.667. The molecule has 0 fully saturated rings. The predicted molar refractivity (Wildman–Crippen MR) is 80.4 cm³/mol. The highest BCUT2D eigenvalue weighted by atomic mass is 19.1. The number of aliphatic hydroxyl groups excluding tert-OH is 1. The van der Waals surface area contributed by atoms with Gasteiger partial charge in [0, 0.05) is 12.5 Å². The van der Waals surface area contributed by atoms with Crippen LogP contribution in [0.3, 0.4) is 0 Å². The molecule has 3 heteroatoms. The van der Waals surface area contributed by atoms with E-state index >= 15 is 0 Å². The van der Waals surface area contributed by atoms with Crippen LogP contribution in [0.1, 0.15) is 39.5 Å². The molecule has 1 N–H and O–H groups in total. The fraction of sp³-hybridized carbons (Fsp3) is 0.333. The smallest absolute Gasteiger partial charge is 0.129 e. The van der Waals surface area contributed by atoms with Crippen molar-refractivity contribution in [2.24, 2.45) is 0 Å². The molecule has 0 spiro atoms. The number of halogens is 2. The Bertz CT molecular complexity index is 651. The summed E-state index contributed by atoms with van der Waals surface area (Å²) in [5, 5.41) is 10.5. The molecule has 1 nitrogen and oxygen atoms in total. The van der Waals surface area contributed by atoms with E-state index in [2.05, 4.69) is 6.07 Å². The molecule has 0 aliphatic heterocycles. The van der Waals surface area contributed by atoms with Gasteiger partial charge in [-0.05, 0) is 67.1 Å². The van der Waals surface area contributed by atoms with Gasteiger partial charge in [-0.2, -0.15) is 0 Å². The molecular formula is C18H20F2O. The van der Waals surface area contributed by atoms with Crippen molar-refractivity contribution in [1.29, 1.82) is 0 Å². The lowest BCUT2D eigenvalue weighted by molar-refractivity contribution is 0.175. The van der Waals surface area contributed by atoms with Crippen LogP contribution in [0.5, 0.6) is 0 Å². The molecule has 0 saturated carbocycles. The first-order valence-corrected chi connectivity index (χ1v) is 7.00. The summed E-state index contributed by atoms with van der Waals surface area (Å²) < 4.78 is 26.7. The van der Waals surface area contributed by atoms with Gasteiger partial charge in [0.15, 0.2) is 0 Å². The third kappa shape index (κ3) is 3.13. The number of aryl methyl sites for hydroxylation is 2. The van der Waals surface area contributed by atoms with Gasteiger partial charge in [0.2, 0.25) is 0 Å². The van der Waals surface area contributed by atoms with E-state index in [0.717, 1.165) is 33.9 Å². The second kappa shape index (κ2) is 5.94. The summed E-state index contributed by atoms with van der Waals surface area (Å²) >= 11 is 0. The van der Waals surface area contributed by atoms with Crippen LogP contribution in [0, 0.1) is 39.3 Å². The van der Waals surface area contributed by atoms with E-state index in [4.69, 9.17) is 0 Å². The quantitative estimate of drug-likeness (QED) is 0.884. The van der Waals surface area contributed by atoms with E-state index in [1.54, 1.807) is 0 Å². The molecular weight excluding hydrogens is 270 g/mol. The maximum atomic E-state index is 13.7. The topological polar surface area (TPSA) is 20.2 Å². The van der Waals surface area contributed by atoms with E-state index < -0.39 is 17.7 Å². The Morgan fingerprint density at radius 3 is 2.05 bits per heavy atom. The summed E-state index contributed by atoms with van der Waals surface area (Å²) in [4.78, 5) is 0. The van der Waals surface area contributed by atoms with E-state index in [0.29, 0.717) is 5.56 Å². The molecule has 1 unspecified atom stereocenters. The zero-order valence-corrected chi connectivity index (χ0v) is 12.8. The molecule has 0 amide bonds. The van der Waals surface area contributed by atoms with Gasteiger partial charge in [0.05, 0.1) is 6.10 Å². The van der Waals surface area contributed by atoms with Crippen molar-refractivity contribution < 1.29 is 13.9 Å². The van der Waals surface area contributed by atoms with Crippen LogP contribution in [0.4, 0.5) is 8.78 Å². The number of rotatable bonds is 3. The third-order valence-corrected chi connectivity index (χ3v) is 4.19. The van der Waals surface area contributed by atoms with Crippen molar-refractivity contribution in [3.63, 3.8) is 0 Å². The van der Waals surface area contributed by atoms with Crippen molar-refractivity contribution in [2.45, 2.75) is 40.2 Å². The molecule has 0 bridgehead atoms. The third-order valence-electron chi connectivity index (χ3n) is 4.19. The first-order chi connectivity index (χ1) is 9.81. The second-order valence-corrected chi connectivity index (χ2v) is 5.63. The Morgan fingerprint density at radius 1 is 0.952 bits per heavy atom. The van der Waals surface area contributed by atoms with Gasteiger partial charge in [-0.25, -0.2) is 8.78 Å². The normalized spacial score (nSPS) is 12.5. The van der Waals surface area contributed by atoms with Crippen LogP contribution >= 0.6 is 0 Å². The van der Waals surface area contributed by atoms with Gasteiger partial charge >= 0.3 is 0 Å². The molecule has 2 rings (SSSR count). The maximum Gasteiger partial charge on any atom is 0.129 e. The SMILES string of the molecule is Cc1cc(C)c(C)c(C(O)Cc2ccc(F)cc2F)c1C. The zero-order valence-electron chi connectivity index (χ0n) is 12.8.